The summed E-state index contributed by atoms with van der Waals surface area (Å²) in [4.78, 5) is 24.1. The summed E-state index contributed by atoms with van der Waals surface area (Å²) in [6, 6.07) is 8.74. The fraction of sp³-hybridized carbons (Fsp3) is 0.250. The van der Waals surface area contributed by atoms with Crippen LogP contribution in [0.3, 0.4) is 0 Å². The number of benzene rings is 1. The number of rotatable bonds is 8. The van der Waals surface area contributed by atoms with Crippen molar-refractivity contribution < 1.29 is 40.4 Å². The maximum Gasteiger partial charge on any atom is 0.412 e. The molecule has 0 fully saturated rings. The number of anilines is 1. The highest BCUT2D eigenvalue weighted by Gasteiger charge is 2.31. The molecular weight excluding hydrogens is 420 g/mol. The average molecular weight is 435 g/mol. The first-order valence-electron chi connectivity index (χ1n) is 7.72. The van der Waals surface area contributed by atoms with Gasteiger partial charge in [0.05, 0.1) is 6.61 Å². The summed E-state index contributed by atoms with van der Waals surface area (Å²) in [7, 11) is -5.26. The largest absolute Gasteiger partial charge is 0.462 e. The molecule has 0 aliphatic heterocycles. The molecule has 0 unspecified atom stereocenters. The highest BCUT2D eigenvalue weighted by molar-refractivity contribution is 7.87. The second-order valence-corrected chi connectivity index (χ2v) is 7.44. The Morgan fingerprint density at radius 3 is 2.46 bits per heavy atom. The number of carbonyl (C=O) groups excluding carboxylic acids is 2. The van der Waals surface area contributed by atoms with Crippen molar-refractivity contribution in [3.63, 3.8) is 0 Å². The van der Waals surface area contributed by atoms with E-state index in [1.165, 1.54) is 6.92 Å². The van der Waals surface area contributed by atoms with Crippen LogP contribution >= 0.6 is 11.3 Å². The van der Waals surface area contributed by atoms with Crippen molar-refractivity contribution in [1.82, 2.24) is 0 Å². The maximum atomic E-state index is 12.5. The molecule has 2 rings (SSSR count). The van der Waals surface area contributed by atoms with E-state index in [4.69, 9.17) is 9.47 Å². The van der Waals surface area contributed by atoms with Crippen LogP contribution in [0.2, 0.25) is 0 Å². The molecular formula is C16H15F2NO7S2. The van der Waals surface area contributed by atoms with Gasteiger partial charge in [-0.2, -0.15) is 17.2 Å². The van der Waals surface area contributed by atoms with E-state index in [2.05, 4.69) is 9.50 Å². The minimum absolute atomic E-state index is 0.0596. The summed E-state index contributed by atoms with van der Waals surface area (Å²) in [5, 5.41) is 3.06. The van der Waals surface area contributed by atoms with Crippen molar-refractivity contribution >= 4 is 38.5 Å². The number of halogens is 2. The second kappa shape index (κ2) is 9.46. The number of esters is 1. The molecule has 1 heterocycles. The van der Waals surface area contributed by atoms with E-state index < -0.39 is 39.3 Å². The topological polar surface area (TPSA) is 108 Å². The first-order chi connectivity index (χ1) is 13.2. The van der Waals surface area contributed by atoms with Gasteiger partial charge in [0.2, 0.25) is 0 Å². The standard InChI is InChI=1S/C16H15F2NO7S2/c1-2-24-14(20)12-11(26-28(22,23)15(17)18)9-27-13(12)19-16(21)25-8-10-6-4-3-5-7-10/h3-7,9,15H,2,8H2,1H3,(H,19,21). The smallest absolute Gasteiger partial charge is 0.412 e. The highest BCUT2D eigenvalue weighted by atomic mass is 32.2. The molecule has 0 atom stereocenters. The first kappa shape index (κ1) is 21.6. The Bertz CT molecular complexity index is 930. The van der Waals surface area contributed by atoms with Crippen LogP contribution in [-0.4, -0.2) is 32.8 Å². The third kappa shape index (κ3) is 5.63. The van der Waals surface area contributed by atoms with Crippen LogP contribution in [0.25, 0.3) is 0 Å². The van der Waals surface area contributed by atoms with Crippen LogP contribution in [0.4, 0.5) is 18.6 Å². The number of hydrogen-bond donors (Lipinski definition) is 1. The predicted octanol–water partition coefficient (Wildman–Crippen LogP) is 3.60. The monoisotopic (exact) mass is 435 g/mol. The molecule has 0 radical (unpaired) electrons. The number of nitrogens with one attached hydrogen (secondary N) is 1. The van der Waals surface area contributed by atoms with Crippen molar-refractivity contribution in [3.05, 3.63) is 46.8 Å². The summed E-state index contributed by atoms with van der Waals surface area (Å²) in [6.07, 6.45) is -0.945. The summed E-state index contributed by atoms with van der Waals surface area (Å²) in [5.74, 6) is -5.54. The van der Waals surface area contributed by atoms with Crippen molar-refractivity contribution in [3.8, 4) is 5.75 Å². The molecule has 1 amide bonds. The molecule has 0 spiro atoms. The second-order valence-electron chi connectivity index (χ2n) is 5.05. The highest BCUT2D eigenvalue weighted by Crippen LogP contribution is 2.36. The van der Waals surface area contributed by atoms with Gasteiger partial charge in [-0.3, -0.25) is 5.32 Å². The Morgan fingerprint density at radius 2 is 1.86 bits per heavy atom. The lowest BCUT2D eigenvalue weighted by Gasteiger charge is -2.10. The van der Waals surface area contributed by atoms with Gasteiger partial charge in [0.15, 0.2) is 5.75 Å². The zero-order chi connectivity index (χ0) is 20.7. The molecule has 8 nitrogen and oxygen atoms in total. The quantitative estimate of drug-likeness (QED) is 0.498. The van der Waals surface area contributed by atoms with Crippen molar-refractivity contribution in [2.24, 2.45) is 0 Å². The number of carbonyl (C=O) groups is 2. The van der Waals surface area contributed by atoms with Crippen LogP contribution in [0.15, 0.2) is 35.7 Å². The molecule has 0 saturated carbocycles. The molecule has 1 N–H and O–H groups in total. The number of thiophene rings is 1. The molecule has 28 heavy (non-hydrogen) atoms. The normalized spacial score (nSPS) is 11.1. The van der Waals surface area contributed by atoms with Gasteiger partial charge in [-0.1, -0.05) is 30.3 Å². The summed E-state index contributed by atoms with van der Waals surface area (Å²) in [6.45, 7) is 1.35. The summed E-state index contributed by atoms with van der Waals surface area (Å²) in [5.41, 5.74) is 0.203. The SMILES string of the molecule is CCOC(=O)c1c(OS(=O)(=O)C(F)F)csc1NC(=O)OCc1ccccc1. The van der Waals surface area contributed by atoms with E-state index in [0.717, 1.165) is 5.38 Å². The van der Waals surface area contributed by atoms with E-state index in [0.29, 0.717) is 16.9 Å². The van der Waals surface area contributed by atoms with Gasteiger partial charge < -0.3 is 13.7 Å². The molecule has 152 valence electrons. The van der Waals surface area contributed by atoms with Crippen LogP contribution in [0.5, 0.6) is 5.75 Å². The van der Waals surface area contributed by atoms with Crippen LogP contribution < -0.4 is 9.50 Å². The van der Waals surface area contributed by atoms with Crippen molar-refractivity contribution in [1.29, 1.82) is 0 Å². The summed E-state index contributed by atoms with van der Waals surface area (Å²) < 4.78 is 61.7. The van der Waals surface area contributed by atoms with Gasteiger partial charge in [0, 0.05) is 5.38 Å². The lowest BCUT2D eigenvalue weighted by atomic mass is 10.2. The van der Waals surface area contributed by atoms with E-state index in [1.807, 2.05) is 0 Å². The molecule has 1 aromatic carbocycles. The molecule has 0 aliphatic rings. The van der Waals surface area contributed by atoms with Gasteiger partial charge in [-0.15, -0.1) is 11.3 Å². The van der Waals surface area contributed by atoms with E-state index in [-0.39, 0.29) is 18.2 Å². The Hall–Kier alpha value is -2.73. The lowest BCUT2D eigenvalue weighted by molar-refractivity contribution is 0.0526. The number of alkyl halides is 2. The van der Waals surface area contributed by atoms with E-state index in [9.17, 15) is 26.8 Å². The average Bonchev–Trinajstić information content (AvgIpc) is 3.02. The zero-order valence-corrected chi connectivity index (χ0v) is 16.0. The lowest BCUT2D eigenvalue weighted by Crippen LogP contribution is -2.20. The van der Waals surface area contributed by atoms with Crippen LogP contribution in [0.1, 0.15) is 22.8 Å². The molecule has 12 heteroatoms. The van der Waals surface area contributed by atoms with Crippen molar-refractivity contribution in [2.75, 3.05) is 11.9 Å². The van der Waals surface area contributed by atoms with E-state index in [1.54, 1.807) is 30.3 Å². The number of hydrogen-bond acceptors (Lipinski definition) is 8. The fourth-order valence-electron chi connectivity index (χ4n) is 1.91. The van der Waals surface area contributed by atoms with Crippen LogP contribution in [-0.2, 0) is 26.2 Å². The van der Waals surface area contributed by atoms with E-state index >= 15 is 0 Å². The van der Waals surface area contributed by atoms with Gasteiger partial charge in [-0.25, -0.2) is 9.59 Å². The number of amides is 1. The van der Waals surface area contributed by atoms with Gasteiger partial charge in [-0.05, 0) is 12.5 Å². The minimum Gasteiger partial charge on any atom is -0.462 e. The minimum atomic E-state index is -5.26. The number of ether oxygens (including phenoxy) is 2. The van der Waals surface area contributed by atoms with Gasteiger partial charge in [0.25, 0.3) is 0 Å². The van der Waals surface area contributed by atoms with Gasteiger partial charge in [0.1, 0.15) is 17.2 Å². The third-order valence-corrected chi connectivity index (χ3v) is 4.81. The summed E-state index contributed by atoms with van der Waals surface area (Å²) >= 11 is 0.686. The predicted molar refractivity (Wildman–Crippen MR) is 96.1 cm³/mol. The molecule has 0 bridgehead atoms. The Labute approximate surface area is 163 Å². The first-order valence-corrected chi connectivity index (χ1v) is 10.1. The Morgan fingerprint density at radius 1 is 1.18 bits per heavy atom. The van der Waals surface area contributed by atoms with Crippen molar-refractivity contribution in [2.45, 2.75) is 19.3 Å². The zero-order valence-electron chi connectivity index (χ0n) is 14.4. The Balaban J connectivity index is 2.18. The third-order valence-electron chi connectivity index (χ3n) is 3.09. The fourth-order valence-corrected chi connectivity index (χ4v) is 3.26. The van der Waals surface area contributed by atoms with Crippen LogP contribution in [0, 0.1) is 0 Å². The molecule has 0 aliphatic carbocycles. The maximum absolute atomic E-state index is 12.5. The molecule has 1 aromatic heterocycles. The van der Waals surface area contributed by atoms with Gasteiger partial charge >= 0.3 is 27.9 Å². The molecule has 2 aromatic rings. The Kier molecular flexibility index (Phi) is 7.29. The molecule has 0 saturated heterocycles.